The van der Waals surface area contributed by atoms with Gasteiger partial charge in [-0.05, 0) is 65.9 Å². The van der Waals surface area contributed by atoms with E-state index in [2.05, 4.69) is 26.8 Å². The second-order valence-corrected chi connectivity index (χ2v) is 8.74. The minimum absolute atomic E-state index is 0.187. The van der Waals surface area contributed by atoms with Gasteiger partial charge in [0, 0.05) is 13.2 Å². The van der Waals surface area contributed by atoms with Crippen LogP contribution in [0.4, 0.5) is 0 Å². The van der Waals surface area contributed by atoms with Crippen LogP contribution in [-0.2, 0) is 9.53 Å². The highest BCUT2D eigenvalue weighted by molar-refractivity contribution is 5.80. The third kappa shape index (κ3) is 4.35. The van der Waals surface area contributed by atoms with E-state index in [0.29, 0.717) is 35.9 Å². The van der Waals surface area contributed by atoms with Gasteiger partial charge in [-0.2, -0.15) is 0 Å². The summed E-state index contributed by atoms with van der Waals surface area (Å²) < 4.78 is 5.46. The first kappa shape index (κ1) is 20.2. The zero-order valence-electron chi connectivity index (χ0n) is 16.2. The van der Waals surface area contributed by atoms with E-state index < -0.39 is 5.97 Å². The summed E-state index contributed by atoms with van der Waals surface area (Å²) in [6.45, 7) is 7.67. The topological polar surface area (TPSA) is 66.8 Å². The molecule has 1 fully saturated rings. The fraction of sp³-hybridized carbons (Fsp3) is 0.762. The number of aliphatic hydroxyl groups is 1. The molecule has 0 aromatic carbocycles. The van der Waals surface area contributed by atoms with Crippen LogP contribution in [0, 0.1) is 22.7 Å². The van der Waals surface area contributed by atoms with Gasteiger partial charge in [-0.15, -0.1) is 0 Å². The molecule has 25 heavy (non-hydrogen) atoms. The van der Waals surface area contributed by atoms with Crippen molar-refractivity contribution >= 4 is 5.97 Å². The molecule has 2 aliphatic carbocycles. The third-order valence-electron chi connectivity index (χ3n) is 6.73. The Morgan fingerprint density at radius 1 is 1.36 bits per heavy atom. The second-order valence-electron chi connectivity index (χ2n) is 8.74. The molecule has 0 saturated heterocycles. The highest BCUT2D eigenvalue weighted by Crippen LogP contribution is 2.60. The van der Waals surface area contributed by atoms with Crippen molar-refractivity contribution in [2.75, 3.05) is 20.3 Å². The summed E-state index contributed by atoms with van der Waals surface area (Å²) in [6.07, 6.45) is 9.86. The van der Waals surface area contributed by atoms with Crippen LogP contribution < -0.4 is 0 Å². The summed E-state index contributed by atoms with van der Waals surface area (Å²) in [5, 5.41) is 18.5. The molecule has 142 valence electrons. The minimum Gasteiger partial charge on any atom is -0.478 e. The van der Waals surface area contributed by atoms with E-state index in [9.17, 15) is 9.90 Å². The van der Waals surface area contributed by atoms with E-state index in [0.717, 1.165) is 18.9 Å². The van der Waals surface area contributed by atoms with Gasteiger partial charge in [-0.3, -0.25) is 0 Å². The Balaban J connectivity index is 2.28. The Hall–Kier alpha value is -1.13. The molecule has 0 aliphatic heterocycles. The number of fused-ring (bicyclic) bond motifs is 1. The third-order valence-corrected chi connectivity index (χ3v) is 6.73. The van der Waals surface area contributed by atoms with Crippen molar-refractivity contribution in [3.8, 4) is 0 Å². The lowest BCUT2D eigenvalue weighted by molar-refractivity contribution is -0.131. The first-order chi connectivity index (χ1) is 11.7. The zero-order valence-corrected chi connectivity index (χ0v) is 16.2. The highest BCUT2D eigenvalue weighted by atomic mass is 16.5. The number of ether oxygens (including phenoxy) is 1. The predicted molar refractivity (Wildman–Crippen MR) is 99.3 cm³/mol. The van der Waals surface area contributed by atoms with Gasteiger partial charge in [0.2, 0.25) is 0 Å². The van der Waals surface area contributed by atoms with Crippen LogP contribution in [0.1, 0.15) is 59.3 Å². The lowest BCUT2D eigenvalue weighted by Gasteiger charge is -2.57. The van der Waals surface area contributed by atoms with Gasteiger partial charge in [0.15, 0.2) is 0 Å². The number of allylic oxidation sites excluding steroid dienone is 1. The summed E-state index contributed by atoms with van der Waals surface area (Å²) in [5.74, 6) is 0.0399. The van der Waals surface area contributed by atoms with Gasteiger partial charge in [0.1, 0.15) is 0 Å². The Bertz CT molecular complexity index is 546. The lowest BCUT2D eigenvalue weighted by Crippen LogP contribution is -2.49. The van der Waals surface area contributed by atoms with Crippen molar-refractivity contribution in [3.63, 3.8) is 0 Å². The molecule has 4 nitrogen and oxygen atoms in total. The Morgan fingerprint density at radius 2 is 2.08 bits per heavy atom. The van der Waals surface area contributed by atoms with Crippen LogP contribution in [0.5, 0.6) is 0 Å². The summed E-state index contributed by atoms with van der Waals surface area (Å²) in [6, 6.07) is 0. The van der Waals surface area contributed by atoms with E-state index in [1.807, 2.05) is 0 Å². The zero-order chi connectivity index (χ0) is 18.7. The standard InChI is InChI=1S/C21H34O4/c1-20(2)10-5-11-21(3)17(8-6-15(13-22)12-19(23)24)16(14-25-4)7-9-18(20)21/h7,12,17-18,22H,5-6,8-11,13-14H2,1-4H3,(H,23,24)/b15-12-/t17-,18-,21+/m1/s1. The number of rotatable bonds is 7. The van der Waals surface area contributed by atoms with Crippen molar-refractivity contribution in [2.24, 2.45) is 22.7 Å². The molecule has 0 heterocycles. The fourth-order valence-electron chi connectivity index (χ4n) is 5.55. The number of carboxylic acids is 1. The Kier molecular flexibility index (Phi) is 6.50. The number of carbonyl (C=O) groups is 1. The van der Waals surface area contributed by atoms with Crippen molar-refractivity contribution in [1.29, 1.82) is 0 Å². The summed E-state index contributed by atoms with van der Waals surface area (Å²) in [7, 11) is 1.74. The van der Waals surface area contributed by atoms with E-state index >= 15 is 0 Å². The van der Waals surface area contributed by atoms with Crippen LogP contribution in [0.2, 0.25) is 0 Å². The highest BCUT2D eigenvalue weighted by Gasteiger charge is 2.52. The van der Waals surface area contributed by atoms with Crippen molar-refractivity contribution < 1.29 is 19.7 Å². The molecule has 0 aromatic rings. The summed E-state index contributed by atoms with van der Waals surface area (Å²) in [4.78, 5) is 10.9. The first-order valence-electron chi connectivity index (χ1n) is 9.45. The van der Waals surface area contributed by atoms with Crippen LogP contribution >= 0.6 is 0 Å². The van der Waals surface area contributed by atoms with Crippen LogP contribution in [0.15, 0.2) is 23.3 Å². The van der Waals surface area contributed by atoms with Gasteiger partial charge in [-0.1, -0.05) is 33.3 Å². The van der Waals surface area contributed by atoms with Gasteiger partial charge in [-0.25, -0.2) is 4.79 Å². The average Bonchev–Trinajstić information content (AvgIpc) is 2.51. The first-order valence-corrected chi connectivity index (χ1v) is 9.45. The number of aliphatic carboxylic acids is 1. The Morgan fingerprint density at radius 3 is 2.68 bits per heavy atom. The molecular weight excluding hydrogens is 316 g/mol. The van der Waals surface area contributed by atoms with Crippen molar-refractivity contribution in [3.05, 3.63) is 23.3 Å². The monoisotopic (exact) mass is 350 g/mol. The minimum atomic E-state index is -0.983. The van der Waals surface area contributed by atoms with Crippen molar-refractivity contribution in [1.82, 2.24) is 0 Å². The maximum atomic E-state index is 10.9. The number of hydrogen-bond donors (Lipinski definition) is 2. The fourth-order valence-corrected chi connectivity index (χ4v) is 5.55. The van der Waals surface area contributed by atoms with Gasteiger partial charge in [0.25, 0.3) is 0 Å². The van der Waals surface area contributed by atoms with E-state index in [-0.39, 0.29) is 12.0 Å². The average molecular weight is 350 g/mol. The molecule has 0 bridgehead atoms. The van der Waals surface area contributed by atoms with E-state index in [1.54, 1.807) is 7.11 Å². The number of hydrogen-bond acceptors (Lipinski definition) is 3. The normalized spacial score (nSPS) is 32.0. The lowest BCUT2D eigenvalue weighted by atomic mass is 9.48. The number of aliphatic hydroxyl groups excluding tert-OH is 1. The van der Waals surface area contributed by atoms with Gasteiger partial charge in [0.05, 0.1) is 13.2 Å². The maximum Gasteiger partial charge on any atom is 0.328 e. The van der Waals surface area contributed by atoms with Crippen LogP contribution in [0.25, 0.3) is 0 Å². The second kappa shape index (κ2) is 8.05. The van der Waals surface area contributed by atoms with E-state index in [4.69, 9.17) is 9.84 Å². The number of carboxylic acid groups (broad SMARTS) is 1. The van der Waals surface area contributed by atoms with Gasteiger partial charge >= 0.3 is 5.97 Å². The molecule has 0 unspecified atom stereocenters. The SMILES string of the molecule is COCC1=CC[C@@H]2C(C)(C)CCC[C@@]2(C)[C@@H]1CC/C(=C/C(=O)O)CO. The molecular formula is C21H34O4. The quantitative estimate of drug-likeness (QED) is 0.533. The van der Waals surface area contributed by atoms with Crippen LogP contribution in [-0.4, -0.2) is 36.5 Å². The Labute approximate surface area is 152 Å². The molecule has 0 radical (unpaired) electrons. The molecule has 0 aromatic heterocycles. The maximum absolute atomic E-state index is 10.9. The van der Waals surface area contributed by atoms with Crippen molar-refractivity contribution in [2.45, 2.75) is 59.3 Å². The molecule has 2 N–H and O–H groups in total. The van der Waals surface area contributed by atoms with Crippen LogP contribution in [0.3, 0.4) is 0 Å². The molecule has 1 saturated carbocycles. The molecule has 4 heteroatoms. The molecule has 3 atom stereocenters. The number of methoxy groups -OCH3 is 1. The largest absolute Gasteiger partial charge is 0.478 e. The summed E-state index contributed by atoms with van der Waals surface area (Å²) in [5.41, 5.74) is 2.50. The molecule has 2 aliphatic rings. The summed E-state index contributed by atoms with van der Waals surface area (Å²) >= 11 is 0. The predicted octanol–water partition coefficient (Wildman–Crippen LogP) is 4.20. The molecule has 0 amide bonds. The molecule has 0 spiro atoms. The van der Waals surface area contributed by atoms with E-state index in [1.165, 1.54) is 24.8 Å². The van der Waals surface area contributed by atoms with Gasteiger partial charge < -0.3 is 14.9 Å². The smallest absolute Gasteiger partial charge is 0.328 e. The molecule has 2 rings (SSSR count).